The quantitative estimate of drug-likeness (QED) is 0.544. The second kappa shape index (κ2) is 10.0. The zero-order chi connectivity index (χ0) is 21.5. The lowest BCUT2D eigenvalue weighted by atomic mass is 10.2. The van der Waals surface area contributed by atoms with E-state index in [1.807, 2.05) is 30.3 Å². The summed E-state index contributed by atoms with van der Waals surface area (Å²) < 4.78 is 5.21. The van der Waals surface area contributed by atoms with Crippen molar-refractivity contribution in [3.05, 3.63) is 59.3 Å². The summed E-state index contributed by atoms with van der Waals surface area (Å²) in [6.07, 6.45) is 1.39. The summed E-state index contributed by atoms with van der Waals surface area (Å²) in [5.74, 6) is -0.0999. The van der Waals surface area contributed by atoms with Gasteiger partial charge in [-0.3, -0.25) is 4.79 Å². The maximum absolute atomic E-state index is 12.5. The molecule has 0 saturated carbocycles. The molecule has 7 nitrogen and oxygen atoms in total. The molecule has 2 aromatic rings. The molecule has 0 aliphatic carbocycles. The monoisotopic (exact) mass is 425 g/mol. The third-order valence-electron chi connectivity index (χ3n) is 4.89. The van der Waals surface area contributed by atoms with Gasteiger partial charge in [-0.1, -0.05) is 11.6 Å². The van der Waals surface area contributed by atoms with Crippen LogP contribution in [-0.4, -0.2) is 51.1 Å². The summed E-state index contributed by atoms with van der Waals surface area (Å²) in [5.41, 5.74) is 2.27. The van der Waals surface area contributed by atoms with Gasteiger partial charge in [-0.05, 0) is 49.5 Å². The first-order valence-electron chi connectivity index (χ1n) is 9.55. The summed E-state index contributed by atoms with van der Waals surface area (Å²) in [7, 11) is 3.62. The molecule has 2 N–H and O–H groups in total. The lowest BCUT2D eigenvalue weighted by Gasteiger charge is -2.34. The first-order valence-corrected chi connectivity index (χ1v) is 9.93. The van der Waals surface area contributed by atoms with Gasteiger partial charge in [0.25, 0.3) is 5.91 Å². The number of hydrogen-bond donors (Lipinski definition) is 2. The van der Waals surface area contributed by atoms with Gasteiger partial charge in [0.05, 0.1) is 12.8 Å². The predicted octanol–water partition coefficient (Wildman–Crippen LogP) is 3.56. The fourth-order valence-electron chi connectivity index (χ4n) is 3.10. The number of carbonyl (C=O) groups is 1. The van der Waals surface area contributed by atoms with Gasteiger partial charge in [0, 0.05) is 48.8 Å². The Balaban J connectivity index is 1.64. The van der Waals surface area contributed by atoms with E-state index in [9.17, 15) is 10.1 Å². The van der Waals surface area contributed by atoms with Crippen molar-refractivity contribution in [2.75, 3.05) is 55.9 Å². The first-order chi connectivity index (χ1) is 14.5. The number of halogens is 1. The van der Waals surface area contributed by atoms with Crippen LogP contribution >= 0.6 is 11.6 Å². The average molecular weight is 426 g/mol. The van der Waals surface area contributed by atoms with Gasteiger partial charge in [-0.25, -0.2) is 0 Å². The molecule has 2 aromatic carbocycles. The third-order valence-corrected chi connectivity index (χ3v) is 5.13. The summed E-state index contributed by atoms with van der Waals surface area (Å²) in [6, 6.07) is 14.7. The number of nitrogens with one attached hydrogen (secondary N) is 2. The van der Waals surface area contributed by atoms with Gasteiger partial charge >= 0.3 is 0 Å². The summed E-state index contributed by atoms with van der Waals surface area (Å²) in [5, 5.41) is 15.5. The molecule has 0 spiro atoms. The predicted molar refractivity (Wildman–Crippen MR) is 120 cm³/mol. The van der Waals surface area contributed by atoms with Crippen molar-refractivity contribution in [3.63, 3.8) is 0 Å². The van der Waals surface area contributed by atoms with Crippen LogP contribution in [0.15, 0.2) is 54.2 Å². The van der Waals surface area contributed by atoms with Crippen LogP contribution in [0.2, 0.25) is 5.02 Å². The second-order valence-electron chi connectivity index (χ2n) is 6.95. The molecule has 3 rings (SSSR count). The van der Waals surface area contributed by atoms with Gasteiger partial charge in [-0.2, -0.15) is 5.26 Å². The molecular formula is C22H24ClN5O2. The number of benzene rings is 2. The van der Waals surface area contributed by atoms with Crippen molar-refractivity contribution in [1.29, 1.82) is 5.26 Å². The largest absolute Gasteiger partial charge is 0.495 e. The molecule has 1 aliphatic heterocycles. The number of likely N-dealkylation sites (N-methyl/N-ethyl adjacent to an activating group) is 1. The van der Waals surface area contributed by atoms with Crippen LogP contribution in [-0.2, 0) is 4.79 Å². The number of rotatable bonds is 6. The number of carbonyl (C=O) groups excluding carboxylic acids is 1. The van der Waals surface area contributed by atoms with Crippen molar-refractivity contribution < 1.29 is 9.53 Å². The minimum absolute atomic E-state index is 0.0693. The Bertz CT molecular complexity index is 960. The van der Waals surface area contributed by atoms with Crippen molar-refractivity contribution >= 4 is 34.6 Å². The van der Waals surface area contributed by atoms with Crippen molar-refractivity contribution in [3.8, 4) is 11.8 Å². The molecule has 1 amide bonds. The standard InChI is InChI=1S/C22H24ClN5O2/c1-27-9-11-28(12-10-27)19-6-4-18(5-7-19)25-15-16(14-24)22(29)26-20-13-17(23)3-8-21(20)30-2/h3-8,13,15,25H,9-12H2,1-2H3,(H,26,29)/b16-15-. The molecule has 0 unspecified atom stereocenters. The van der Waals surface area contributed by atoms with E-state index < -0.39 is 5.91 Å². The Morgan fingerprint density at radius 1 is 1.17 bits per heavy atom. The smallest absolute Gasteiger partial charge is 0.267 e. The van der Waals surface area contributed by atoms with Crippen LogP contribution in [0.5, 0.6) is 5.75 Å². The molecule has 0 radical (unpaired) electrons. The minimum Gasteiger partial charge on any atom is -0.495 e. The fraction of sp³-hybridized carbons (Fsp3) is 0.273. The molecule has 0 aromatic heterocycles. The van der Waals surface area contributed by atoms with Gasteiger partial charge in [0.15, 0.2) is 0 Å². The van der Waals surface area contributed by atoms with Crippen LogP contribution in [0, 0.1) is 11.3 Å². The van der Waals surface area contributed by atoms with E-state index in [4.69, 9.17) is 16.3 Å². The van der Waals surface area contributed by atoms with E-state index in [1.54, 1.807) is 18.2 Å². The van der Waals surface area contributed by atoms with Gasteiger partial charge in [0.1, 0.15) is 17.4 Å². The topological polar surface area (TPSA) is 80.6 Å². The normalized spacial score (nSPS) is 14.7. The molecule has 30 heavy (non-hydrogen) atoms. The summed E-state index contributed by atoms with van der Waals surface area (Å²) >= 11 is 5.98. The Labute approximate surface area is 181 Å². The van der Waals surface area contributed by atoms with E-state index in [-0.39, 0.29) is 5.57 Å². The molecule has 0 bridgehead atoms. The van der Waals surface area contributed by atoms with E-state index in [1.165, 1.54) is 13.3 Å². The van der Waals surface area contributed by atoms with Crippen LogP contribution in [0.1, 0.15) is 0 Å². The van der Waals surface area contributed by atoms with Crippen molar-refractivity contribution in [2.45, 2.75) is 0 Å². The number of nitriles is 1. The SMILES string of the molecule is COc1ccc(Cl)cc1NC(=O)/C(C#N)=C\Nc1ccc(N2CCN(C)CC2)cc1. The van der Waals surface area contributed by atoms with Crippen molar-refractivity contribution in [1.82, 2.24) is 4.90 Å². The molecular weight excluding hydrogens is 402 g/mol. The molecule has 156 valence electrons. The highest BCUT2D eigenvalue weighted by atomic mass is 35.5. The highest BCUT2D eigenvalue weighted by Gasteiger charge is 2.15. The number of methoxy groups -OCH3 is 1. The first kappa shape index (κ1) is 21.5. The minimum atomic E-state index is -0.556. The summed E-state index contributed by atoms with van der Waals surface area (Å²) in [4.78, 5) is 17.1. The van der Waals surface area contributed by atoms with E-state index in [0.29, 0.717) is 16.5 Å². The Morgan fingerprint density at radius 3 is 2.50 bits per heavy atom. The molecule has 1 saturated heterocycles. The zero-order valence-corrected chi connectivity index (χ0v) is 17.7. The lowest BCUT2D eigenvalue weighted by molar-refractivity contribution is -0.112. The second-order valence-corrected chi connectivity index (χ2v) is 7.39. The van der Waals surface area contributed by atoms with Crippen LogP contribution < -0.4 is 20.3 Å². The molecule has 1 aliphatic rings. The third kappa shape index (κ3) is 5.44. The average Bonchev–Trinajstić information content (AvgIpc) is 2.75. The van der Waals surface area contributed by atoms with Crippen molar-refractivity contribution in [2.24, 2.45) is 0 Å². The Morgan fingerprint density at radius 2 is 1.87 bits per heavy atom. The van der Waals surface area contributed by atoms with Crippen LogP contribution in [0.4, 0.5) is 17.1 Å². The van der Waals surface area contributed by atoms with Crippen LogP contribution in [0.25, 0.3) is 0 Å². The zero-order valence-electron chi connectivity index (χ0n) is 17.0. The van der Waals surface area contributed by atoms with E-state index in [2.05, 4.69) is 27.5 Å². The Kier molecular flexibility index (Phi) is 7.17. The number of nitrogens with zero attached hydrogens (tertiary/aromatic N) is 3. The lowest BCUT2D eigenvalue weighted by Crippen LogP contribution is -2.44. The fourth-order valence-corrected chi connectivity index (χ4v) is 3.28. The van der Waals surface area contributed by atoms with Gasteiger partial charge < -0.3 is 25.2 Å². The molecule has 1 heterocycles. The maximum Gasteiger partial charge on any atom is 0.267 e. The van der Waals surface area contributed by atoms with Gasteiger partial charge in [0.2, 0.25) is 0 Å². The van der Waals surface area contributed by atoms with E-state index >= 15 is 0 Å². The number of amides is 1. The molecule has 1 fully saturated rings. The molecule has 0 atom stereocenters. The maximum atomic E-state index is 12.5. The number of anilines is 3. The van der Waals surface area contributed by atoms with Crippen LogP contribution in [0.3, 0.4) is 0 Å². The van der Waals surface area contributed by atoms with E-state index in [0.717, 1.165) is 37.6 Å². The summed E-state index contributed by atoms with van der Waals surface area (Å²) in [6.45, 7) is 4.07. The number of ether oxygens (including phenoxy) is 1. The molecule has 8 heteroatoms. The number of hydrogen-bond acceptors (Lipinski definition) is 6. The highest BCUT2D eigenvalue weighted by Crippen LogP contribution is 2.28. The van der Waals surface area contributed by atoms with Gasteiger partial charge in [-0.15, -0.1) is 0 Å². The Hall–Kier alpha value is -3.21. The highest BCUT2D eigenvalue weighted by molar-refractivity contribution is 6.31. The number of piperazine rings is 1.